The van der Waals surface area contributed by atoms with Gasteiger partial charge in [-0.3, -0.25) is 43.4 Å². The zero-order valence-corrected chi connectivity index (χ0v) is 24.9. The fourth-order valence-corrected chi connectivity index (χ4v) is 4.43. The zero-order chi connectivity index (χ0) is 32.9. The monoisotopic (exact) mass is 629 g/mol. The Morgan fingerprint density at radius 2 is 1.38 bits per heavy atom. The lowest BCUT2D eigenvalue weighted by molar-refractivity contribution is -0.422. The van der Waals surface area contributed by atoms with Crippen molar-refractivity contribution in [2.45, 2.75) is 38.6 Å². The molecule has 15 nitrogen and oxygen atoms in total. The summed E-state index contributed by atoms with van der Waals surface area (Å²) < 4.78 is 16.2. The van der Waals surface area contributed by atoms with Crippen molar-refractivity contribution in [2.75, 3.05) is 44.8 Å². The summed E-state index contributed by atoms with van der Waals surface area (Å²) in [5.74, 6) is -4.24. The lowest BCUT2D eigenvalue weighted by Gasteiger charge is -2.16. The number of nitrogens with one attached hydrogen (secondary N) is 1. The Hall–Kier alpha value is -4.73. The normalized spacial score (nSPS) is 15.6. The van der Waals surface area contributed by atoms with E-state index in [0.717, 1.165) is 15.4 Å². The van der Waals surface area contributed by atoms with Crippen molar-refractivity contribution in [1.29, 1.82) is 0 Å². The number of anilines is 1. The molecule has 2 heterocycles. The fraction of sp³-hybridized carbons (Fsp3) is 0.433. The van der Waals surface area contributed by atoms with Crippen LogP contribution in [-0.4, -0.2) is 102 Å². The van der Waals surface area contributed by atoms with E-state index in [-0.39, 0.29) is 69.8 Å². The highest BCUT2D eigenvalue weighted by atomic mass is 16.5. The number of hydrogen-bond acceptors (Lipinski definition) is 10. The number of carboxylic acid groups (broad SMARTS) is 1. The van der Waals surface area contributed by atoms with Crippen LogP contribution in [0.1, 0.15) is 31.7 Å². The number of amides is 5. The molecule has 1 aromatic carbocycles. The van der Waals surface area contributed by atoms with Gasteiger partial charge in [-0.15, -0.1) is 0 Å². The number of ether oxygens (including phenoxy) is 3. The van der Waals surface area contributed by atoms with Gasteiger partial charge in [0, 0.05) is 37.1 Å². The van der Waals surface area contributed by atoms with Crippen LogP contribution in [0.25, 0.3) is 0 Å². The number of esters is 1. The average molecular weight is 630 g/mol. The van der Waals surface area contributed by atoms with E-state index in [1.54, 1.807) is 19.1 Å². The molecule has 2 aliphatic rings. The number of quaternary nitrogens is 1. The van der Waals surface area contributed by atoms with Gasteiger partial charge in [-0.1, -0.05) is 13.0 Å². The molecule has 1 unspecified atom stereocenters. The van der Waals surface area contributed by atoms with Gasteiger partial charge in [0.1, 0.15) is 0 Å². The lowest BCUT2D eigenvalue weighted by Crippen LogP contribution is -2.62. The van der Waals surface area contributed by atoms with Gasteiger partial charge in [-0.25, -0.2) is 0 Å². The van der Waals surface area contributed by atoms with E-state index in [4.69, 9.17) is 14.2 Å². The molecule has 5 amide bonds. The number of hydrogen-bond donors (Lipinski definition) is 3. The summed E-state index contributed by atoms with van der Waals surface area (Å²) in [4.78, 5) is 84.9. The first-order valence-electron chi connectivity index (χ1n) is 14.4. The highest BCUT2D eigenvalue weighted by Crippen LogP contribution is 2.27. The summed E-state index contributed by atoms with van der Waals surface area (Å²) in [5.41, 5.74) is 4.98. The van der Waals surface area contributed by atoms with Crippen LogP contribution >= 0.6 is 0 Å². The van der Waals surface area contributed by atoms with E-state index >= 15 is 0 Å². The second kappa shape index (κ2) is 16.9. The number of carboxylic acids is 1. The molecule has 0 aliphatic carbocycles. The predicted molar refractivity (Wildman–Crippen MR) is 155 cm³/mol. The molecule has 2 aliphatic heterocycles. The van der Waals surface area contributed by atoms with Gasteiger partial charge in [0.15, 0.2) is 5.75 Å². The maximum Gasteiger partial charge on any atom is 0.313 e. The van der Waals surface area contributed by atoms with Crippen LogP contribution in [0.5, 0.6) is 5.75 Å². The molecule has 0 aromatic heterocycles. The maximum atomic E-state index is 12.7. The summed E-state index contributed by atoms with van der Waals surface area (Å²) >= 11 is 0. The van der Waals surface area contributed by atoms with E-state index in [2.05, 4.69) is 11.1 Å². The Morgan fingerprint density at radius 3 is 1.91 bits per heavy atom. The summed E-state index contributed by atoms with van der Waals surface area (Å²) in [6.07, 6.45) is 5.21. The summed E-state index contributed by atoms with van der Waals surface area (Å²) in [6.45, 7) is 1.76. The molecule has 1 aromatic rings. The van der Waals surface area contributed by atoms with Gasteiger partial charge in [0.05, 0.1) is 70.0 Å². The molecule has 0 saturated heterocycles. The Labute approximate surface area is 258 Å². The highest BCUT2D eigenvalue weighted by Gasteiger charge is 2.24. The van der Waals surface area contributed by atoms with Gasteiger partial charge in [0.25, 0.3) is 23.6 Å². The molecule has 0 saturated carbocycles. The number of nitrogens with zero attached hydrogens (tertiary/aromatic N) is 2. The van der Waals surface area contributed by atoms with Crippen LogP contribution in [0.15, 0.2) is 42.5 Å². The number of aliphatic carboxylic acids is 1. The first-order chi connectivity index (χ1) is 21.4. The average Bonchev–Trinajstić information content (AvgIpc) is 3.48. The van der Waals surface area contributed by atoms with E-state index in [1.807, 2.05) is 0 Å². The predicted octanol–water partition coefficient (Wildman–Crippen LogP) is -0.542. The van der Waals surface area contributed by atoms with Crippen LogP contribution in [0, 0.1) is 5.92 Å². The van der Waals surface area contributed by atoms with Gasteiger partial charge < -0.3 is 30.4 Å². The van der Waals surface area contributed by atoms with E-state index in [1.165, 1.54) is 30.4 Å². The number of imide groups is 2. The molecular weight excluding hydrogens is 592 g/mol. The van der Waals surface area contributed by atoms with Gasteiger partial charge >= 0.3 is 11.9 Å². The minimum absolute atomic E-state index is 0.000347. The van der Waals surface area contributed by atoms with Crippen LogP contribution in [0.3, 0.4) is 0 Å². The van der Waals surface area contributed by atoms with Gasteiger partial charge in [-0.2, -0.15) is 0 Å². The first kappa shape index (κ1) is 34.8. The van der Waals surface area contributed by atoms with Gasteiger partial charge in [-0.05, 0) is 17.7 Å². The molecule has 5 N–H and O–H groups in total. The molecule has 242 valence electrons. The second-order valence-corrected chi connectivity index (χ2v) is 10.4. The molecule has 0 bridgehead atoms. The van der Waals surface area contributed by atoms with Crippen molar-refractivity contribution >= 4 is 47.2 Å². The third-order valence-corrected chi connectivity index (χ3v) is 6.82. The van der Waals surface area contributed by atoms with Crippen molar-refractivity contribution in [2.24, 2.45) is 5.92 Å². The number of benzene rings is 1. The van der Waals surface area contributed by atoms with Crippen molar-refractivity contribution in [3.8, 4) is 5.75 Å². The third-order valence-electron chi connectivity index (χ3n) is 6.82. The minimum atomic E-state index is -0.921. The minimum Gasteiger partial charge on any atom is -0.481 e. The van der Waals surface area contributed by atoms with Crippen LogP contribution in [0.2, 0.25) is 0 Å². The topological polar surface area (TPSA) is 214 Å². The molecule has 3 rings (SSSR count). The Bertz CT molecular complexity index is 1340. The summed E-state index contributed by atoms with van der Waals surface area (Å²) in [7, 11) is 0. The quantitative estimate of drug-likeness (QED) is 0.0765. The molecule has 0 fully saturated rings. The standard InChI is InChI=1S/C30H36N4O11/c1-19(30(41)42)16-21(31)17-20-2-3-23(45-29(40)9-13-44-15-11-34-27(38)6-7-28(34)39)22(18-20)32-24(35)8-12-43-14-10-33-25(36)4-5-26(33)37/h2-7,18-19,21H,8-17,31H2,1H3,(H,32,35)(H,41,42)/p+1/t19?,21-/m1/s1. The Kier molecular flexibility index (Phi) is 13.1. The van der Waals surface area contributed by atoms with E-state index in [0.29, 0.717) is 12.8 Å². The third kappa shape index (κ3) is 11.0. The summed E-state index contributed by atoms with van der Waals surface area (Å²) in [5, 5.41) is 11.9. The van der Waals surface area contributed by atoms with Gasteiger partial charge in [0.2, 0.25) is 5.91 Å². The smallest absolute Gasteiger partial charge is 0.313 e. The van der Waals surface area contributed by atoms with Crippen LogP contribution in [-0.2, 0) is 49.5 Å². The molecular formula is C30H37N4O11+. The van der Waals surface area contributed by atoms with Crippen molar-refractivity contribution in [1.82, 2.24) is 9.80 Å². The van der Waals surface area contributed by atoms with Crippen molar-refractivity contribution < 1.29 is 58.6 Å². The largest absolute Gasteiger partial charge is 0.481 e. The zero-order valence-electron chi connectivity index (χ0n) is 24.9. The molecule has 15 heteroatoms. The van der Waals surface area contributed by atoms with Crippen LogP contribution in [0.4, 0.5) is 5.69 Å². The molecule has 2 atom stereocenters. The first-order valence-corrected chi connectivity index (χ1v) is 14.4. The highest BCUT2D eigenvalue weighted by molar-refractivity contribution is 6.13. The van der Waals surface area contributed by atoms with Crippen LogP contribution < -0.4 is 15.8 Å². The Balaban J connectivity index is 1.52. The fourth-order valence-electron chi connectivity index (χ4n) is 4.43. The van der Waals surface area contributed by atoms with E-state index in [9.17, 15) is 38.7 Å². The SMILES string of the molecule is CC(C[C@@H]([NH3+])Cc1ccc(OC(=O)CCOCCN2C(=O)C=CC2=O)c(NC(=O)CCOCCN2C(=O)C=CC2=O)c1)C(=O)O. The molecule has 0 radical (unpaired) electrons. The number of carbonyl (C=O) groups is 7. The second-order valence-electron chi connectivity index (χ2n) is 10.4. The number of carbonyl (C=O) groups excluding carboxylic acids is 6. The molecule has 0 spiro atoms. The van der Waals surface area contributed by atoms with Crippen molar-refractivity contribution in [3.63, 3.8) is 0 Å². The van der Waals surface area contributed by atoms with Crippen molar-refractivity contribution in [3.05, 3.63) is 48.1 Å². The maximum absolute atomic E-state index is 12.7. The lowest BCUT2D eigenvalue weighted by atomic mass is 9.96. The summed E-state index contributed by atoms with van der Waals surface area (Å²) in [6, 6.07) is 4.60. The Morgan fingerprint density at radius 1 is 0.844 bits per heavy atom. The number of rotatable bonds is 19. The van der Waals surface area contributed by atoms with E-state index < -0.39 is 47.4 Å². The molecule has 45 heavy (non-hydrogen) atoms.